The molecule has 6 nitrogen and oxygen atoms in total. The predicted molar refractivity (Wildman–Crippen MR) is 74.6 cm³/mol. The minimum Gasteiger partial charge on any atom is -0.481 e. The molecule has 1 aromatic rings. The van der Waals surface area contributed by atoms with E-state index in [1.54, 1.807) is 0 Å². The normalized spacial score (nSPS) is 11.2. The van der Waals surface area contributed by atoms with Crippen LogP contribution in [0.4, 0.5) is 0 Å². The summed E-state index contributed by atoms with van der Waals surface area (Å²) in [5.74, 6) is -1.12. The number of halogens is 1. The van der Waals surface area contributed by atoms with Crippen molar-refractivity contribution >= 4 is 23.5 Å². The van der Waals surface area contributed by atoms with Crippen molar-refractivity contribution in [2.45, 2.75) is 33.1 Å². The van der Waals surface area contributed by atoms with E-state index in [0.717, 1.165) is 0 Å². The average Bonchev–Trinajstić information content (AvgIpc) is 2.37. The average molecular weight is 300 g/mol. The van der Waals surface area contributed by atoms with Crippen molar-refractivity contribution in [2.24, 2.45) is 5.41 Å². The van der Waals surface area contributed by atoms with Gasteiger partial charge < -0.3 is 10.4 Å². The molecule has 7 heteroatoms. The monoisotopic (exact) mass is 299 g/mol. The van der Waals surface area contributed by atoms with Crippen LogP contribution in [-0.2, 0) is 4.79 Å². The summed E-state index contributed by atoms with van der Waals surface area (Å²) in [7, 11) is 0. The number of carboxylic acid groups (broad SMARTS) is 1. The third-order valence-electron chi connectivity index (χ3n) is 2.97. The van der Waals surface area contributed by atoms with Crippen LogP contribution in [0.3, 0.4) is 0 Å². The molecule has 0 unspecified atom stereocenters. The number of nitrogens with zero attached hydrogens (tertiary/aromatic N) is 2. The van der Waals surface area contributed by atoms with Gasteiger partial charge >= 0.3 is 5.97 Å². The van der Waals surface area contributed by atoms with Crippen molar-refractivity contribution in [2.75, 3.05) is 6.54 Å². The highest BCUT2D eigenvalue weighted by atomic mass is 35.5. The first kappa shape index (κ1) is 16.4. The molecule has 1 heterocycles. The summed E-state index contributed by atoms with van der Waals surface area (Å²) in [6, 6.07) is 3.00. The lowest BCUT2D eigenvalue weighted by molar-refractivity contribution is -0.137. The molecule has 0 aliphatic heterocycles. The Morgan fingerprint density at radius 3 is 2.55 bits per heavy atom. The van der Waals surface area contributed by atoms with Crippen LogP contribution in [0.25, 0.3) is 0 Å². The molecule has 1 aromatic heterocycles. The van der Waals surface area contributed by atoms with Crippen molar-refractivity contribution in [3.05, 3.63) is 23.0 Å². The standard InChI is InChI=1S/C13H18ClN3O3/c1-13(2,6-5-11(18)19)7-8-15-12(20)9-3-4-10(14)17-16-9/h3-4H,5-8H2,1-2H3,(H,15,20)(H,18,19). The maximum Gasteiger partial charge on any atom is 0.303 e. The number of hydrogen-bond acceptors (Lipinski definition) is 4. The van der Waals surface area contributed by atoms with E-state index in [0.29, 0.717) is 19.4 Å². The van der Waals surface area contributed by atoms with Crippen molar-refractivity contribution in [1.29, 1.82) is 0 Å². The first-order valence-corrected chi connectivity index (χ1v) is 6.67. The number of carbonyl (C=O) groups is 2. The first-order chi connectivity index (χ1) is 9.30. The fourth-order valence-electron chi connectivity index (χ4n) is 1.61. The number of carbonyl (C=O) groups excluding carboxylic acids is 1. The Balaban J connectivity index is 2.38. The molecule has 0 spiro atoms. The van der Waals surface area contributed by atoms with Crippen LogP contribution in [0.2, 0.25) is 5.15 Å². The lowest BCUT2D eigenvalue weighted by atomic mass is 9.84. The van der Waals surface area contributed by atoms with Gasteiger partial charge in [-0.25, -0.2) is 0 Å². The fourth-order valence-corrected chi connectivity index (χ4v) is 1.71. The maximum atomic E-state index is 11.8. The van der Waals surface area contributed by atoms with Crippen LogP contribution in [0.5, 0.6) is 0 Å². The molecule has 0 aromatic carbocycles. The zero-order valence-corrected chi connectivity index (χ0v) is 12.3. The van der Waals surface area contributed by atoms with Crippen LogP contribution in [0.15, 0.2) is 12.1 Å². The largest absolute Gasteiger partial charge is 0.481 e. The van der Waals surface area contributed by atoms with E-state index in [-0.39, 0.29) is 28.6 Å². The Morgan fingerprint density at radius 1 is 1.30 bits per heavy atom. The smallest absolute Gasteiger partial charge is 0.303 e. The van der Waals surface area contributed by atoms with Gasteiger partial charge in [0.15, 0.2) is 10.8 Å². The number of amides is 1. The SMILES string of the molecule is CC(C)(CCNC(=O)c1ccc(Cl)nn1)CCC(=O)O. The van der Waals surface area contributed by atoms with Gasteiger partial charge in [0.2, 0.25) is 0 Å². The van der Waals surface area contributed by atoms with Crippen LogP contribution >= 0.6 is 11.6 Å². The van der Waals surface area contributed by atoms with Crippen molar-refractivity contribution < 1.29 is 14.7 Å². The Morgan fingerprint density at radius 2 is 2.00 bits per heavy atom. The number of aromatic nitrogens is 2. The third kappa shape index (κ3) is 5.97. The maximum absolute atomic E-state index is 11.8. The highest BCUT2D eigenvalue weighted by Gasteiger charge is 2.19. The molecule has 1 rings (SSSR count). The molecule has 0 saturated carbocycles. The number of hydrogen-bond donors (Lipinski definition) is 2. The van der Waals surface area contributed by atoms with Gasteiger partial charge in [-0.3, -0.25) is 9.59 Å². The van der Waals surface area contributed by atoms with Crippen LogP contribution < -0.4 is 5.32 Å². The molecule has 0 bridgehead atoms. The Kier molecular flexibility index (Phi) is 5.88. The second kappa shape index (κ2) is 7.19. The summed E-state index contributed by atoms with van der Waals surface area (Å²) < 4.78 is 0. The number of rotatable bonds is 7. The summed E-state index contributed by atoms with van der Waals surface area (Å²) >= 11 is 5.59. The number of nitrogens with one attached hydrogen (secondary N) is 1. The number of aliphatic carboxylic acids is 1. The summed E-state index contributed by atoms with van der Waals surface area (Å²) in [5.41, 5.74) is 0.0647. The summed E-state index contributed by atoms with van der Waals surface area (Å²) in [4.78, 5) is 22.3. The van der Waals surface area contributed by atoms with E-state index in [9.17, 15) is 9.59 Å². The molecule has 0 aliphatic rings. The van der Waals surface area contributed by atoms with Crippen molar-refractivity contribution in [3.63, 3.8) is 0 Å². The van der Waals surface area contributed by atoms with Crippen molar-refractivity contribution in [1.82, 2.24) is 15.5 Å². The molecular weight excluding hydrogens is 282 g/mol. The molecule has 0 aliphatic carbocycles. The van der Waals surface area contributed by atoms with Crippen molar-refractivity contribution in [3.8, 4) is 0 Å². The highest BCUT2D eigenvalue weighted by Crippen LogP contribution is 2.25. The Hall–Kier alpha value is -1.69. The zero-order valence-electron chi connectivity index (χ0n) is 11.5. The molecule has 2 N–H and O–H groups in total. The van der Waals surface area contributed by atoms with Crippen LogP contribution in [0, 0.1) is 5.41 Å². The van der Waals surface area contributed by atoms with E-state index >= 15 is 0 Å². The summed E-state index contributed by atoms with van der Waals surface area (Å²) in [6.45, 7) is 4.41. The highest BCUT2D eigenvalue weighted by molar-refractivity contribution is 6.29. The van der Waals surface area contributed by atoms with Gasteiger partial charge in [-0.05, 0) is 30.4 Å². The Labute approximate surface area is 122 Å². The van der Waals surface area contributed by atoms with E-state index < -0.39 is 5.97 Å². The lowest BCUT2D eigenvalue weighted by Crippen LogP contribution is -2.29. The molecule has 0 fully saturated rings. The molecule has 0 radical (unpaired) electrons. The predicted octanol–water partition coefficient (Wildman–Crippen LogP) is 2.14. The summed E-state index contributed by atoms with van der Waals surface area (Å²) in [6.07, 6.45) is 1.38. The molecule has 0 atom stereocenters. The number of carboxylic acids is 1. The zero-order chi connectivity index (χ0) is 15.2. The molecule has 110 valence electrons. The lowest BCUT2D eigenvalue weighted by Gasteiger charge is -2.23. The van der Waals surface area contributed by atoms with E-state index in [4.69, 9.17) is 16.7 Å². The van der Waals surface area contributed by atoms with E-state index in [1.165, 1.54) is 12.1 Å². The van der Waals surface area contributed by atoms with Gasteiger partial charge in [0.1, 0.15) is 0 Å². The van der Waals surface area contributed by atoms with Gasteiger partial charge in [0, 0.05) is 13.0 Å². The second-order valence-corrected chi connectivity index (χ2v) is 5.69. The van der Waals surface area contributed by atoms with Gasteiger partial charge in [-0.1, -0.05) is 25.4 Å². The topological polar surface area (TPSA) is 92.2 Å². The van der Waals surface area contributed by atoms with Gasteiger partial charge in [-0.2, -0.15) is 0 Å². The third-order valence-corrected chi connectivity index (χ3v) is 3.17. The van der Waals surface area contributed by atoms with E-state index in [2.05, 4.69) is 15.5 Å². The van der Waals surface area contributed by atoms with Gasteiger partial charge in [0.05, 0.1) is 0 Å². The first-order valence-electron chi connectivity index (χ1n) is 6.29. The minimum absolute atomic E-state index is 0.129. The van der Waals surface area contributed by atoms with Gasteiger partial charge in [-0.15, -0.1) is 10.2 Å². The second-order valence-electron chi connectivity index (χ2n) is 5.31. The quantitative estimate of drug-likeness (QED) is 0.804. The van der Waals surface area contributed by atoms with Gasteiger partial charge in [0.25, 0.3) is 5.91 Å². The molecule has 0 saturated heterocycles. The molecule has 20 heavy (non-hydrogen) atoms. The molecular formula is C13H18ClN3O3. The summed E-state index contributed by atoms with van der Waals surface area (Å²) in [5, 5.41) is 18.9. The molecule has 1 amide bonds. The van der Waals surface area contributed by atoms with Crippen LogP contribution in [-0.4, -0.2) is 33.7 Å². The minimum atomic E-state index is -0.807. The Bertz CT molecular complexity index is 474. The van der Waals surface area contributed by atoms with Crippen LogP contribution in [0.1, 0.15) is 43.6 Å². The fraction of sp³-hybridized carbons (Fsp3) is 0.538. The van der Waals surface area contributed by atoms with E-state index in [1.807, 2.05) is 13.8 Å².